The maximum Gasteiger partial charge on any atom is 0.312 e. The molecule has 1 aliphatic heterocycles. The van der Waals surface area contributed by atoms with E-state index in [1.54, 1.807) is 0 Å². The number of aromatic hydroxyl groups is 2. The summed E-state index contributed by atoms with van der Waals surface area (Å²) >= 11 is 0. The van der Waals surface area contributed by atoms with Crippen LogP contribution >= 0.6 is 0 Å². The number of hydrogen-bond acceptors (Lipinski definition) is 6. The van der Waals surface area contributed by atoms with Gasteiger partial charge in [-0.1, -0.05) is 12.1 Å². The predicted molar refractivity (Wildman–Crippen MR) is 110 cm³/mol. The summed E-state index contributed by atoms with van der Waals surface area (Å²) in [6.07, 6.45) is 0.775. The number of phenols is 2. The van der Waals surface area contributed by atoms with Crippen LogP contribution in [0.15, 0.2) is 57.9 Å². The molecule has 0 saturated heterocycles. The molecule has 0 amide bonds. The van der Waals surface area contributed by atoms with Crippen LogP contribution in [0.4, 0.5) is 13.2 Å². The molecule has 0 saturated carbocycles. The summed E-state index contributed by atoms with van der Waals surface area (Å²) in [5.41, 5.74) is -0.217. The van der Waals surface area contributed by atoms with E-state index in [4.69, 9.17) is 9.15 Å². The Morgan fingerprint density at radius 2 is 1.61 bits per heavy atom. The maximum atomic E-state index is 13.9. The van der Waals surface area contributed by atoms with Crippen LogP contribution in [-0.4, -0.2) is 16.2 Å². The van der Waals surface area contributed by atoms with Gasteiger partial charge < -0.3 is 19.4 Å². The third-order valence-corrected chi connectivity index (χ3v) is 5.56. The average Bonchev–Trinajstić information content (AvgIpc) is 2.77. The number of fused-ring (bicyclic) bond motifs is 3. The molecule has 0 radical (unpaired) electrons. The van der Waals surface area contributed by atoms with Gasteiger partial charge in [0.25, 0.3) is 0 Å². The first-order valence-corrected chi connectivity index (χ1v) is 9.70. The van der Waals surface area contributed by atoms with E-state index >= 15 is 0 Å². The molecule has 6 nitrogen and oxygen atoms in total. The van der Waals surface area contributed by atoms with Crippen LogP contribution in [0, 0.1) is 17.5 Å². The normalized spacial score (nSPS) is 15.4. The summed E-state index contributed by atoms with van der Waals surface area (Å²) in [7, 11) is 0. The highest BCUT2D eigenvalue weighted by molar-refractivity contribution is 5.94. The second-order valence-corrected chi connectivity index (χ2v) is 7.57. The summed E-state index contributed by atoms with van der Waals surface area (Å²) in [6, 6.07) is 8.28. The number of ether oxygens (including phenoxy) is 1. The quantitative estimate of drug-likeness (QED) is 0.258. The Bertz CT molecular complexity index is 1480. The lowest BCUT2D eigenvalue weighted by atomic mass is 9.84. The van der Waals surface area contributed by atoms with Crippen molar-refractivity contribution in [1.29, 1.82) is 0 Å². The van der Waals surface area contributed by atoms with Crippen LogP contribution in [0.1, 0.15) is 23.5 Å². The third kappa shape index (κ3) is 3.29. The lowest BCUT2D eigenvalue weighted by molar-refractivity contribution is -0.135. The van der Waals surface area contributed by atoms with Crippen LogP contribution in [0.25, 0.3) is 22.1 Å². The van der Waals surface area contributed by atoms with E-state index in [1.807, 2.05) is 0 Å². The minimum Gasteiger partial charge on any atom is -0.508 e. The second-order valence-electron chi connectivity index (χ2n) is 7.57. The SMILES string of the molecule is O=C1C[C@@H](c2cc(F)c(F)c(F)c2)c2c(cc(O)c3c(=O)c(-c4ccc(O)cc4)coc23)O1. The Morgan fingerprint density at radius 1 is 0.939 bits per heavy atom. The van der Waals surface area contributed by atoms with Gasteiger partial charge in [-0.2, -0.15) is 0 Å². The van der Waals surface area contributed by atoms with E-state index in [0.717, 1.165) is 24.5 Å². The standard InChI is InChI=1S/C24H13F3O6/c25-15-5-11(6-16(26)22(15)27)13-7-19(30)33-18-8-17(29)21-23(31)14(9-32-24(21)20(13)18)10-1-3-12(28)4-2-10/h1-6,8-9,13,28-29H,7H2/t13-/m0/s1. The van der Waals surface area contributed by atoms with Crippen LogP contribution in [-0.2, 0) is 4.79 Å². The van der Waals surface area contributed by atoms with E-state index in [0.29, 0.717) is 5.56 Å². The van der Waals surface area contributed by atoms with Crippen molar-refractivity contribution in [3.63, 3.8) is 0 Å². The van der Waals surface area contributed by atoms with Crippen molar-refractivity contribution in [2.75, 3.05) is 0 Å². The molecule has 33 heavy (non-hydrogen) atoms. The van der Waals surface area contributed by atoms with Crippen LogP contribution in [0.3, 0.4) is 0 Å². The molecule has 2 heterocycles. The topological polar surface area (TPSA) is 97.0 Å². The van der Waals surface area contributed by atoms with Crippen molar-refractivity contribution in [2.45, 2.75) is 12.3 Å². The lowest BCUT2D eigenvalue weighted by Gasteiger charge is -2.26. The molecule has 0 bridgehead atoms. The Kier molecular flexibility index (Phi) is 4.63. The van der Waals surface area contributed by atoms with Gasteiger partial charge in [0.2, 0.25) is 5.43 Å². The Morgan fingerprint density at radius 3 is 2.27 bits per heavy atom. The van der Waals surface area contributed by atoms with Gasteiger partial charge in [0.1, 0.15) is 34.5 Å². The molecule has 0 unspecified atom stereocenters. The van der Waals surface area contributed by atoms with E-state index in [9.17, 15) is 33.0 Å². The first-order chi connectivity index (χ1) is 15.7. The fraction of sp³-hybridized carbons (Fsp3) is 0.0833. The number of hydrogen-bond donors (Lipinski definition) is 2. The molecule has 0 fully saturated rings. The van der Waals surface area contributed by atoms with E-state index < -0.39 is 40.5 Å². The number of benzene rings is 3. The van der Waals surface area contributed by atoms with Crippen LogP contribution < -0.4 is 10.2 Å². The number of carbonyl (C=O) groups excluding carboxylic acids is 1. The maximum absolute atomic E-state index is 13.9. The van der Waals surface area contributed by atoms with Crippen molar-refractivity contribution < 1.29 is 37.3 Å². The van der Waals surface area contributed by atoms with Gasteiger partial charge in [0.15, 0.2) is 17.5 Å². The zero-order valence-corrected chi connectivity index (χ0v) is 16.6. The number of rotatable bonds is 2. The van der Waals surface area contributed by atoms with E-state index in [2.05, 4.69) is 0 Å². The zero-order chi connectivity index (χ0) is 23.4. The smallest absolute Gasteiger partial charge is 0.312 e. The summed E-state index contributed by atoms with van der Waals surface area (Å²) < 4.78 is 52.2. The van der Waals surface area contributed by atoms with Gasteiger partial charge in [-0.3, -0.25) is 9.59 Å². The molecule has 2 N–H and O–H groups in total. The highest BCUT2D eigenvalue weighted by Gasteiger charge is 2.34. The number of carbonyl (C=O) groups is 1. The minimum absolute atomic E-state index is 0.00994. The molecule has 4 aromatic rings. The molecule has 1 aliphatic rings. The first kappa shape index (κ1) is 20.6. The highest BCUT2D eigenvalue weighted by atomic mass is 19.2. The van der Waals surface area contributed by atoms with Gasteiger partial charge in [-0.15, -0.1) is 0 Å². The van der Waals surface area contributed by atoms with Gasteiger partial charge in [-0.05, 0) is 35.4 Å². The fourth-order valence-corrected chi connectivity index (χ4v) is 4.03. The highest BCUT2D eigenvalue weighted by Crippen LogP contribution is 2.46. The average molecular weight is 454 g/mol. The van der Waals surface area contributed by atoms with Gasteiger partial charge >= 0.3 is 5.97 Å². The summed E-state index contributed by atoms with van der Waals surface area (Å²) in [4.78, 5) is 25.4. The molecule has 0 aliphatic carbocycles. The van der Waals surface area contributed by atoms with Gasteiger partial charge in [-0.25, -0.2) is 13.2 Å². The molecule has 1 atom stereocenters. The summed E-state index contributed by atoms with van der Waals surface area (Å²) in [5, 5.41) is 19.8. The van der Waals surface area contributed by atoms with Gasteiger partial charge in [0.05, 0.1) is 12.0 Å². The molecule has 0 spiro atoms. The number of esters is 1. The fourth-order valence-electron chi connectivity index (χ4n) is 4.03. The van der Waals surface area contributed by atoms with Crippen LogP contribution in [0.2, 0.25) is 0 Å². The van der Waals surface area contributed by atoms with E-state index in [-0.39, 0.29) is 45.6 Å². The number of halogens is 3. The Balaban J connectivity index is 1.78. The van der Waals surface area contributed by atoms with Crippen molar-refractivity contribution in [2.24, 2.45) is 0 Å². The Labute approximate surface area is 183 Å². The molecular weight excluding hydrogens is 441 g/mol. The molecule has 1 aromatic heterocycles. The van der Waals surface area contributed by atoms with Crippen LogP contribution in [0.5, 0.6) is 17.2 Å². The van der Waals surface area contributed by atoms with Gasteiger partial charge in [0, 0.05) is 17.5 Å². The predicted octanol–water partition coefficient (Wildman–Crippen LogP) is 4.73. The summed E-state index contributed by atoms with van der Waals surface area (Å²) in [6.45, 7) is 0. The van der Waals surface area contributed by atoms with Crippen molar-refractivity contribution in [3.8, 4) is 28.4 Å². The van der Waals surface area contributed by atoms with Crippen molar-refractivity contribution in [1.82, 2.24) is 0 Å². The molecule has 5 rings (SSSR count). The molecule has 3 aromatic carbocycles. The molecule has 9 heteroatoms. The largest absolute Gasteiger partial charge is 0.508 e. The first-order valence-electron chi connectivity index (χ1n) is 9.70. The number of phenolic OH excluding ortho intramolecular Hbond substituents is 2. The molecular formula is C24H13F3O6. The van der Waals surface area contributed by atoms with E-state index in [1.165, 1.54) is 24.3 Å². The van der Waals surface area contributed by atoms with Crippen molar-refractivity contribution >= 4 is 16.9 Å². The lowest BCUT2D eigenvalue weighted by Crippen LogP contribution is -2.22. The zero-order valence-electron chi connectivity index (χ0n) is 16.6. The molecule has 166 valence electrons. The summed E-state index contributed by atoms with van der Waals surface area (Å²) in [5.74, 6) is -7.00. The Hall–Kier alpha value is -4.27. The minimum atomic E-state index is -1.65. The second kappa shape index (κ2) is 7.40. The van der Waals surface area contributed by atoms with Crippen molar-refractivity contribution in [3.05, 3.63) is 87.5 Å². The third-order valence-electron chi connectivity index (χ3n) is 5.56. The monoisotopic (exact) mass is 454 g/mol.